The monoisotopic (exact) mass is 446 g/mol. The Hall–Kier alpha value is -0.820. The lowest BCUT2D eigenvalue weighted by Gasteiger charge is -2.13. The van der Waals surface area contributed by atoms with Crippen molar-refractivity contribution in [2.24, 2.45) is 4.99 Å². The van der Waals surface area contributed by atoms with Crippen LogP contribution in [0.1, 0.15) is 43.2 Å². The molecule has 0 spiro atoms. The summed E-state index contributed by atoms with van der Waals surface area (Å²) in [6.45, 7) is 5.15. The zero-order valence-electron chi connectivity index (χ0n) is 15.8. The van der Waals surface area contributed by atoms with Crippen molar-refractivity contribution < 1.29 is 0 Å². The third-order valence-corrected chi connectivity index (χ3v) is 4.01. The van der Waals surface area contributed by atoms with Crippen LogP contribution in [0, 0.1) is 6.92 Å². The number of benzene rings is 1. The zero-order chi connectivity index (χ0) is 16.9. The number of rotatable bonds is 10. The normalized spacial score (nSPS) is 11.3. The summed E-state index contributed by atoms with van der Waals surface area (Å²) in [5.74, 6) is 0.890. The van der Waals surface area contributed by atoms with Crippen LogP contribution in [0.5, 0.6) is 0 Å². The van der Waals surface area contributed by atoms with Gasteiger partial charge in [-0.15, -0.1) is 24.0 Å². The first-order chi connectivity index (χ1) is 11.1. The van der Waals surface area contributed by atoms with Crippen molar-refractivity contribution in [3.8, 4) is 0 Å². The summed E-state index contributed by atoms with van der Waals surface area (Å²) >= 11 is 0. The van der Waals surface area contributed by atoms with E-state index in [9.17, 15) is 0 Å². The van der Waals surface area contributed by atoms with Gasteiger partial charge in [-0.2, -0.15) is 0 Å². The molecule has 0 aromatic heterocycles. The van der Waals surface area contributed by atoms with Gasteiger partial charge < -0.3 is 15.5 Å². The molecule has 1 aromatic rings. The summed E-state index contributed by atoms with van der Waals surface area (Å²) in [4.78, 5) is 6.54. The maximum atomic E-state index is 4.29. The Morgan fingerprint density at radius 1 is 1.00 bits per heavy atom. The van der Waals surface area contributed by atoms with Gasteiger partial charge >= 0.3 is 0 Å². The van der Waals surface area contributed by atoms with E-state index in [0.29, 0.717) is 0 Å². The number of aryl methyl sites for hydroxylation is 1. The highest BCUT2D eigenvalue weighted by molar-refractivity contribution is 14.0. The van der Waals surface area contributed by atoms with Crippen molar-refractivity contribution in [2.45, 2.75) is 45.6 Å². The van der Waals surface area contributed by atoms with Gasteiger partial charge in [0.2, 0.25) is 0 Å². The standard InChI is InChI=1S/C19H34N4.HI/c1-17-12-8-9-13-18(17)16-22-19(20-2)21-14-10-6-5-7-11-15-23(3)4;/h8-9,12-13H,5-7,10-11,14-16H2,1-4H3,(H2,20,21,22);1H. The minimum absolute atomic E-state index is 0. The van der Waals surface area contributed by atoms with Crippen LogP contribution >= 0.6 is 24.0 Å². The van der Waals surface area contributed by atoms with Crippen LogP contribution < -0.4 is 10.6 Å². The molecule has 5 heteroatoms. The van der Waals surface area contributed by atoms with Gasteiger partial charge in [-0.1, -0.05) is 43.5 Å². The van der Waals surface area contributed by atoms with Gasteiger partial charge in [-0.3, -0.25) is 4.99 Å². The van der Waals surface area contributed by atoms with E-state index in [2.05, 4.69) is 65.8 Å². The predicted octanol–water partition coefficient (Wildman–Crippen LogP) is 3.79. The minimum Gasteiger partial charge on any atom is -0.356 e. The van der Waals surface area contributed by atoms with E-state index in [-0.39, 0.29) is 24.0 Å². The molecule has 138 valence electrons. The Bertz CT molecular complexity index is 460. The average molecular weight is 446 g/mol. The summed E-state index contributed by atoms with van der Waals surface area (Å²) in [5, 5.41) is 6.78. The van der Waals surface area contributed by atoms with E-state index in [1.54, 1.807) is 0 Å². The van der Waals surface area contributed by atoms with Gasteiger partial charge in [0.1, 0.15) is 0 Å². The van der Waals surface area contributed by atoms with Crippen LogP contribution in [0.2, 0.25) is 0 Å². The van der Waals surface area contributed by atoms with Crippen molar-refractivity contribution in [3.05, 3.63) is 35.4 Å². The first kappa shape index (κ1) is 23.2. The molecule has 2 N–H and O–H groups in total. The van der Waals surface area contributed by atoms with Crippen LogP contribution in [0.15, 0.2) is 29.3 Å². The number of hydrogen-bond donors (Lipinski definition) is 2. The van der Waals surface area contributed by atoms with E-state index in [4.69, 9.17) is 0 Å². The van der Waals surface area contributed by atoms with Gasteiger partial charge in [-0.05, 0) is 51.5 Å². The molecule has 0 unspecified atom stereocenters. The third kappa shape index (κ3) is 10.9. The summed E-state index contributed by atoms with van der Waals surface area (Å²) in [6, 6.07) is 8.45. The zero-order valence-corrected chi connectivity index (χ0v) is 18.1. The average Bonchev–Trinajstić information content (AvgIpc) is 2.54. The second kappa shape index (κ2) is 14.5. The Balaban J connectivity index is 0.00000529. The van der Waals surface area contributed by atoms with Crippen LogP contribution in [0.3, 0.4) is 0 Å². The summed E-state index contributed by atoms with van der Waals surface area (Å²) < 4.78 is 0. The molecule has 0 radical (unpaired) electrons. The Morgan fingerprint density at radius 3 is 2.33 bits per heavy atom. The highest BCUT2D eigenvalue weighted by atomic mass is 127. The fourth-order valence-corrected chi connectivity index (χ4v) is 2.50. The maximum absolute atomic E-state index is 4.29. The molecule has 1 rings (SSSR count). The fraction of sp³-hybridized carbons (Fsp3) is 0.632. The van der Waals surface area contributed by atoms with Gasteiger partial charge in [0.15, 0.2) is 5.96 Å². The number of hydrogen-bond acceptors (Lipinski definition) is 2. The first-order valence-corrected chi connectivity index (χ1v) is 8.77. The highest BCUT2D eigenvalue weighted by Gasteiger charge is 2.00. The predicted molar refractivity (Wildman–Crippen MR) is 116 cm³/mol. The SMILES string of the molecule is CN=C(NCCCCCCCN(C)C)NCc1ccccc1C.I. The largest absolute Gasteiger partial charge is 0.356 e. The number of guanidine groups is 1. The van der Waals surface area contributed by atoms with Gasteiger partial charge in [0.25, 0.3) is 0 Å². The molecule has 4 nitrogen and oxygen atoms in total. The van der Waals surface area contributed by atoms with Crippen LogP contribution in [-0.4, -0.2) is 45.1 Å². The number of nitrogens with zero attached hydrogens (tertiary/aromatic N) is 2. The molecule has 0 amide bonds. The van der Waals surface area contributed by atoms with E-state index >= 15 is 0 Å². The molecule has 0 heterocycles. The van der Waals surface area contributed by atoms with Gasteiger partial charge in [0.05, 0.1) is 0 Å². The number of halogens is 1. The Morgan fingerprint density at radius 2 is 1.67 bits per heavy atom. The molecule has 0 bridgehead atoms. The summed E-state index contributed by atoms with van der Waals surface area (Å²) in [7, 11) is 6.10. The van der Waals surface area contributed by atoms with E-state index in [1.807, 2.05) is 7.05 Å². The van der Waals surface area contributed by atoms with Gasteiger partial charge in [0, 0.05) is 20.1 Å². The van der Waals surface area contributed by atoms with Crippen molar-refractivity contribution in [1.29, 1.82) is 0 Å². The van der Waals surface area contributed by atoms with Crippen molar-refractivity contribution >= 4 is 29.9 Å². The number of nitrogens with one attached hydrogen (secondary N) is 2. The smallest absolute Gasteiger partial charge is 0.191 e. The lowest BCUT2D eigenvalue weighted by molar-refractivity contribution is 0.389. The molecule has 0 aliphatic carbocycles. The Kier molecular flexibility index (Phi) is 14.0. The van der Waals surface area contributed by atoms with E-state index in [0.717, 1.165) is 19.0 Å². The quantitative estimate of drug-likeness (QED) is 0.249. The van der Waals surface area contributed by atoms with Crippen molar-refractivity contribution in [2.75, 3.05) is 34.2 Å². The van der Waals surface area contributed by atoms with Crippen molar-refractivity contribution in [1.82, 2.24) is 15.5 Å². The van der Waals surface area contributed by atoms with E-state index in [1.165, 1.54) is 49.8 Å². The maximum Gasteiger partial charge on any atom is 0.191 e. The molecule has 0 aliphatic heterocycles. The second-order valence-corrected chi connectivity index (χ2v) is 6.35. The van der Waals surface area contributed by atoms with E-state index < -0.39 is 0 Å². The van der Waals surface area contributed by atoms with Gasteiger partial charge in [-0.25, -0.2) is 0 Å². The topological polar surface area (TPSA) is 39.7 Å². The number of unbranched alkanes of at least 4 members (excludes halogenated alkanes) is 4. The molecule has 0 saturated heterocycles. The highest BCUT2D eigenvalue weighted by Crippen LogP contribution is 2.06. The minimum atomic E-state index is 0. The molecule has 1 aromatic carbocycles. The fourth-order valence-electron chi connectivity index (χ4n) is 2.50. The van der Waals surface area contributed by atoms with Crippen LogP contribution in [0.25, 0.3) is 0 Å². The van der Waals surface area contributed by atoms with Crippen LogP contribution in [0.4, 0.5) is 0 Å². The molecule has 0 fully saturated rings. The molecule has 0 atom stereocenters. The Labute approximate surface area is 165 Å². The summed E-state index contributed by atoms with van der Waals surface area (Å²) in [6.07, 6.45) is 6.45. The third-order valence-electron chi connectivity index (χ3n) is 4.01. The lowest BCUT2D eigenvalue weighted by atomic mass is 10.1. The molecular weight excluding hydrogens is 411 g/mol. The molecule has 0 saturated carbocycles. The molecule has 0 aliphatic rings. The number of aliphatic imine (C=N–C) groups is 1. The van der Waals surface area contributed by atoms with Crippen LogP contribution in [-0.2, 0) is 6.54 Å². The molecule has 24 heavy (non-hydrogen) atoms. The molecular formula is C19H35IN4. The lowest BCUT2D eigenvalue weighted by Crippen LogP contribution is -2.37. The summed E-state index contributed by atoms with van der Waals surface area (Å²) in [5.41, 5.74) is 2.63. The second-order valence-electron chi connectivity index (χ2n) is 6.35. The van der Waals surface area contributed by atoms with Crippen molar-refractivity contribution in [3.63, 3.8) is 0 Å². The first-order valence-electron chi connectivity index (χ1n) is 8.77.